The lowest BCUT2D eigenvalue weighted by atomic mass is 10.2. The molecule has 1 heterocycles. The molecule has 0 fully saturated rings. The lowest BCUT2D eigenvalue weighted by molar-refractivity contribution is 1.09. The lowest BCUT2D eigenvalue weighted by Crippen LogP contribution is -1.92. The molecule has 0 aliphatic heterocycles. The van der Waals surface area contributed by atoms with E-state index in [1.54, 1.807) is 36.4 Å². The maximum Gasteiger partial charge on any atom is 0.172 e. The molecule has 2 N–H and O–H groups in total. The minimum atomic E-state index is 0.279. The Bertz CT molecular complexity index is 988. The number of H-pyrrole nitrogens is 1. The van der Waals surface area contributed by atoms with E-state index in [1.807, 2.05) is 6.07 Å². The van der Waals surface area contributed by atoms with E-state index >= 15 is 0 Å². The quantitative estimate of drug-likeness (QED) is 0.558. The third-order valence-corrected chi connectivity index (χ3v) is 4.04. The smallest absolute Gasteiger partial charge is 0.172 e. The van der Waals surface area contributed by atoms with Crippen LogP contribution >= 0.6 is 34.8 Å². The highest BCUT2D eigenvalue weighted by atomic mass is 35.5. The van der Waals surface area contributed by atoms with Gasteiger partial charge in [0, 0.05) is 27.5 Å². The van der Waals surface area contributed by atoms with Crippen molar-refractivity contribution in [2.45, 2.75) is 0 Å². The van der Waals surface area contributed by atoms with Gasteiger partial charge in [0.1, 0.15) is 11.6 Å². The molecule has 0 aliphatic rings. The van der Waals surface area contributed by atoms with Gasteiger partial charge in [-0.2, -0.15) is 10.4 Å². The monoisotopic (exact) mass is 389 g/mol. The summed E-state index contributed by atoms with van der Waals surface area (Å²) in [5.74, 6) is 0.678. The Balaban J connectivity index is 1.87. The van der Waals surface area contributed by atoms with E-state index in [9.17, 15) is 5.26 Å². The molecule has 3 aromatic rings. The maximum atomic E-state index is 9.42. The van der Waals surface area contributed by atoms with Crippen molar-refractivity contribution < 1.29 is 0 Å². The van der Waals surface area contributed by atoms with Crippen LogP contribution in [0.15, 0.2) is 47.5 Å². The molecule has 0 aliphatic carbocycles. The second kappa shape index (κ2) is 7.58. The minimum Gasteiger partial charge on any atom is -0.338 e. The average molecular weight is 391 g/mol. The summed E-state index contributed by atoms with van der Waals surface area (Å²) in [5, 5.41) is 20.8. The molecule has 3 rings (SSSR count). The Morgan fingerprint density at radius 1 is 1.12 bits per heavy atom. The van der Waals surface area contributed by atoms with Gasteiger partial charge in [-0.15, -0.1) is 0 Å². The van der Waals surface area contributed by atoms with Crippen LogP contribution in [0.3, 0.4) is 0 Å². The van der Waals surface area contributed by atoms with Gasteiger partial charge in [-0.3, -0.25) is 5.10 Å². The average Bonchev–Trinajstić information content (AvgIpc) is 2.95. The summed E-state index contributed by atoms with van der Waals surface area (Å²) >= 11 is 17.9. The number of rotatable bonds is 4. The summed E-state index contributed by atoms with van der Waals surface area (Å²) in [7, 11) is 0. The molecule has 0 unspecified atom stereocenters. The van der Waals surface area contributed by atoms with Crippen LogP contribution in [-0.2, 0) is 0 Å². The standard InChI is InChI=1S/C17H10Cl3N5/c18-11-2-1-3-13(6-11)23-17-14(8-21)16(24-25-17)22-9-10-4-5-12(19)7-15(10)20/h1-7,9H,(H2,23,24,25)/b22-9+. The number of aliphatic imine (C=N–C) groups is 1. The van der Waals surface area contributed by atoms with Crippen LogP contribution < -0.4 is 5.32 Å². The zero-order valence-electron chi connectivity index (χ0n) is 12.6. The Labute approximate surface area is 158 Å². The molecule has 124 valence electrons. The molecule has 0 bridgehead atoms. The van der Waals surface area contributed by atoms with Gasteiger partial charge in [0.2, 0.25) is 0 Å². The number of nitrogens with zero attached hydrogens (tertiary/aromatic N) is 3. The van der Waals surface area contributed by atoms with Crippen molar-refractivity contribution in [2.24, 2.45) is 4.99 Å². The summed E-state index contributed by atoms with van der Waals surface area (Å²) in [5.41, 5.74) is 1.67. The molecule has 0 amide bonds. The van der Waals surface area contributed by atoms with Crippen LogP contribution in [0.1, 0.15) is 11.1 Å². The molecule has 0 atom stereocenters. The summed E-state index contributed by atoms with van der Waals surface area (Å²) in [4.78, 5) is 4.26. The third-order valence-electron chi connectivity index (χ3n) is 3.24. The second-order valence-corrected chi connectivity index (χ2v) is 6.25. The highest BCUT2D eigenvalue weighted by Crippen LogP contribution is 2.27. The summed E-state index contributed by atoms with van der Waals surface area (Å²) in [6.07, 6.45) is 1.54. The van der Waals surface area contributed by atoms with Crippen LogP contribution in [-0.4, -0.2) is 16.4 Å². The highest BCUT2D eigenvalue weighted by molar-refractivity contribution is 6.36. The summed E-state index contributed by atoms with van der Waals surface area (Å²) < 4.78 is 0. The molecular weight excluding hydrogens is 381 g/mol. The van der Waals surface area contributed by atoms with Gasteiger partial charge in [-0.05, 0) is 30.3 Å². The molecule has 5 nitrogen and oxygen atoms in total. The maximum absolute atomic E-state index is 9.42. The Morgan fingerprint density at radius 3 is 2.64 bits per heavy atom. The molecular formula is C17H10Cl3N5. The van der Waals surface area contributed by atoms with Crippen molar-refractivity contribution >= 4 is 58.3 Å². The first-order valence-electron chi connectivity index (χ1n) is 7.07. The number of nitrogens with one attached hydrogen (secondary N) is 2. The summed E-state index contributed by atoms with van der Waals surface area (Å²) in [6, 6.07) is 14.2. The summed E-state index contributed by atoms with van der Waals surface area (Å²) in [6.45, 7) is 0. The van der Waals surface area contributed by atoms with E-state index in [0.717, 1.165) is 0 Å². The lowest BCUT2D eigenvalue weighted by Gasteiger charge is -2.03. The number of hydrogen-bond acceptors (Lipinski definition) is 4. The van der Waals surface area contributed by atoms with Crippen LogP contribution in [0.25, 0.3) is 0 Å². The first-order chi connectivity index (χ1) is 12.1. The van der Waals surface area contributed by atoms with Gasteiger partial charge in [0.05, 0.1) is 5.02 Å². The van der Waals surface area contributed by atoms with Crippen LogP contribution in [0.5, 0.6) is 0 Å². The van der Waals surface area contributed by atoms with Crippen molar-refractivity contribution in [1.82, 2.24) is 10.2 Å². The molecule has 0 saturated carbocycles. The zero-order chi connectivity index (χ0) is 17.8. The van der Waals surface area contributed by atoms with E-state index in [4.69, 9.17) is 34.8 Å². The van der Waals surface area contributed by atoms with Gasteiger partial charge in [-0.1, -0.05) is 46.9 Å². The minimum absolute atomic E-state index is 0.279. The van der Waals surface area contributed by atoms with Gasteiger partial charge >= 0.3 is 0 Å². The first kappa shape index (κ1) is 17.3. The normalized spacial score (nSPS) is 10.8. The second-order valence-electron chi connectivity index (χ2n) is 4.97. The van der Waals surface area contributed by atoms with Crippen LogP contribution in [0.2, 0.25) is 15.1 Å². The molecule has 0 saturated heterocycles. The number of halogens is 3. The van der Waals surface area contributed by atoms with Gasteiger partial charge in [0.15, 0.2) is 11.6 Å². The van der Waals surface area contributed by atoms with Gasteiger partial charge < -0.3 is 5.32 Å². The Hall–Kier alpha value is -2.52. The zero-order valence-corrected chi connectivity index (χ0v) is 14.9. The third kappa shape index (κ3) is 4.12. The predicted octanol–water partition coefficient (Wildman–Crippen LogP) is 5.74. The number of aromatic nitrogens is 2. The molecule has 2 aromatic carbocycles. The predicted molar refractivity (Wildman–Crippen MR) is 102 cm³/mol. The number of benzene rings is 2. The SMILES string of the molecule is N#Cc1c(Nc2cccc(Cl)c2)n[nH]c1/N=C/c1ccc(Cl)cc1Cl. The largest absolute Gasteiger partial charge is 0.338 e. The fourth-order valence-electron chi connectivity index (χ4n) is 2.07. The van der Waals surface area contributed by atoms with Crippen molar-refractivity contribution in [3.63, 3.8) is 0 Å². The van der Waals surface area contributed by atoms with Crippen molar-refractivity contribution in [2.75, 3.05) is 5.32 Å². The number of nitriles is 1. The van der Waals surface area contributed by atoms with E-state index < -0.39 is 0 Å². The van der Waals surface area contributed by atoms with E-state index in [-0.39, 0.29) is 5.56 Å². The number of aromatic amines is 1. The van der Waals surface area contributed by atoms with E-state index in [1.165, 1.54) is 6.21 Å². The highest BCUT2D eigenvalue weighted by Gasteiger charge is 2.12. The molecule has 0 radical (unpaired) electrons. The van der Waals surface area contributed by atoms with Crippen LogP contribution in [0.4, 0.5) is 17.3 Å². The molecule has 8 heteroatoms. The first-order valence-corrected chi connectivity index (χ1v) is 8.20. The number of anilines is 2. The Morgan fingerprint density at radius 2 is 1.92 bits per heavy atom. The number of hydrogen-bond donors (Lipinski definition) is 2. The molecule has 0 spiro atoms. The Kier molecular flexibility index (Phi) is 5.25. The van der Waals surface area contributed by atoms with Crippen molar-refractivity contribution in [3.05, 3.63) is 68.7 Å². The fraction of sp³-hybridized carbons (Fsp3) is 0. The fourth-order valence-corrected chi connectivity index (χ4v) is 2.71. The molecule has 1 aromatic heterocycles. The van der Waals surface area contributed by atoms with E-state index in [2.05, 4.69) is 26.6 Å². The molecule has 25 heavy (non-hydrogen) atoms. The van der Waals surface area contributed by atoms with Crippen molar-refractivity contribution in [1.29, 1.82) is 5.26 Å². The van der Waals surface area contributed by atoms with Gasteiger partial charge in [-0.25, -0.2) is 4.99 Å². The van der Waals surface area contributed by atoms with Gasteiger partial charge in [0.25, 0.3) is 0 Å². The van der Waals surface area contributed by atoms with E-state index in [0.29, 0.717) is 38.0 Å². The topological polar surface area (TPSA) is 76.9 Å². The van der Waals surface area contributed by atoms with Crippen LogP contribution in [0, 0.1) is 11.3 Å². The van der Waals surface area contributed by atoms with Crippen molar-refractivity contribution in [3.8, 4) is 6.07 Å².